The average molecular weight is 381 g/mol. The number of hydrogen-bond donors (Lipinski definition) is 1. The van der Waals surface area contributed by atoms with Gasteiger partial charge in [-0.25, -0.2) is 13.1 Å². The van der Waals surface area contributed by atoms with Crippen LogP contribution in [0, 0.1) is 6.92 Å². The summed E-state index contributed by atoms with van der Waals surface area (Å²) < 4.78 is 33.0. The first kappa shape index (κ1) is 15.2. The SMILES string of the molecule is Cc1ccc(S(=O)(=O)NCc2noc3ccccc23)c(Br)c1. The van der Waals surface area contributed by atoms with Gasteiger partial charge in [-0.3, -0.25) is 0 Å². The summed E-state index contributed by atoms with van der Waals surface area (Å²) in [6.07, 6.45) is 0. The molecular formula is C15H13BrN2O3S. The molecule has 1 aromatic heterocycles. The Kier molecular flexibility index (Phi) is 4.03. The smallest absolute Gasteiger partial charge is 0.242 e. The van der Waals surface area contributed by atoms with E-state index in [1.54, 1.807) is 24.3 Å². The van der Waals surface area contributed by atoms with Crippen LogP contribution < -0.4 is 4.72 Å². The first-order valence-electron chi connectivity index (χ1n) is 6.56. The van der Waals surface area contributed by atoms with E-state index in [2.05, 4.69) is 25.8 Å². The van der Waals surface area contributed by atoms with Gasteiger partial charge in [0.2, 0.25) is 10.0 Å². The number of para-hydroxylation sites is 1. The maximum absolute atomic E-state index is 12.4. The minimum atomic E-state index is -3.63. The summed E-state index contributed by atoms with van der Waals surface area (Å²) in [5.74, 6) is 0. The largest absolute Gasteiger partial charge is 0.356 e. The summed E-state index contributed by atoms with van der Waals surface area (Å²) in [4.78, 5) is 0.200. The minimum Gasteiger partial charge on any atom is -0.356 e. The van der Waals surface area contributed by atoms with E-state index in [1.807, 2.05) is 25.1 Å². The van der Waals surface area contributed by atoms with Crippen molar-refractivity contribution >= 4 is 36.9 Å². The maximum Gasteiger partial charge on any atom is 0.242 e. The van der Waals surface area contributed by atoms with Gasteiger partial charge in [0, 0.05) is 9.86 Å². The maximum atomic E-state index is 12.4. The molecule has 0 radical (unpaired) electrons. The van der Waals surface area contributed by atoms with Crippen LogP contribution in [0.1, 0.15) is 11.3 Å². The second-order valence-corrected chi connectivity index (χ2v) is 7.47. The van der Waals surface area contributed by atoms with Crippen LogP contribution in [0.25, 0.3) is 11.0 Å². The molecule has 0 aliphatic rings. The van der Waals surface area contributed by atoms with E-state index < -0.39 is 10.0 Å². The standard InChI is InChI=1S/C15H13BrN2O3S/c1-10-6-7-15(12(16)8-10)22(19,20)17-9-13-11-4-2-3-5-14(11)21-18-13/h2-8,17H,9H2,1H3. The van der Waals surface area contributed by atoms with Crippen molar-refractivity contribution in [2.45, 2.75) is 18.4 Å². The van der Waals surface area contributed by atoms with Crippen molar-refractivity contribution in [3.8, 4) is 0 Å². The van der Waals surface area contributed by atoms with E-state index in [-0.39, 0.29) is 11.4 Å². The van der Waals surface area contributed by atoms with Gasteiger partial charge in [0.15, 0.2) is 5.58 Å². The predicted molar refractivity (Wildman–Crippen MR) is 86.9 cm³/mol. The highest BCUT2D eigenvalue weighted by molar-refractivity contribution is 9.10. The lowest BCUT2D eigenvalue weighted by Crippen LogP contribution is -2.23. The summed E-state index contributed by atoms with van der Waals surface area (Å²) in [5, 5.41) is 4.71. The summed E-state index contributed by atoms with van der Waals surface area (Å²) in [6.45, 7) is 1.97. The van der Waals surface area contributed by atoms with Gasteiger partial charge in [-0.05, 0) is 52.7 Å². The molecule has 5 nitrogen and oxygen atoms in total. The highest BCUT2D eigenvalue weighted by atomic mass is 79.9. The van der Waals surface area contributed by atoms with Crippen LogP contribution in [0.5, 0.6) is 0 Å². The molecule has 114 valence electrons. The quantitative estimate of drug-likeness (QED) is 0.752. The van der Waals surface area contributed by atoms with Crippen molar-refractivity contribution in [3.63, 3.8) is 0 Å². The first-order valence-corrected chi connectivity index (χ1v) is 8.84. The van der Waals surface area contributed by atoms with Gasteiger partial charge in [0.05, 0.1) is 11.4 Å². The first-order chi connectivity index (χ1) is 10.5. The van der Waals surface area contributed by atoms with Gasteiger partial charge in [-0.1, -0.05) is 23.4 Å². The molecule has 0 unspecified atom stereocenters. The number of hydrogen-bond acceptors (Lipinski definition) is 4. The Bertz CT molecular complexity index is 935. The van der Waals surface area contributed by atoms with Crippen molar-refractivity contribution < 1.29 is 12.9 Å². The molecule has 0 saturated carbocycles. The molecule has 0 aliphatic heterocycles. The van der Waals surface area contributed by atoms with Gasteiger partial charge < -0.3 is 4.52 Å². The fourth-order valence-corrected chi connectivity index (χ4v) is 4.31. The molecule has 0 amide bonds. The van der Waals surface area contributed by atoms with E-state index in [4.69, 9.17) is 4.52 Å². The predicted octanol–water partition coefficient (Wildman–Crippen LogP) is 3.38. The average Bonchev–Trinajstić information content (AvgIpc) is 2.88. The Morgan fingerprint density at radius 1 is 1.23 bits per heavy atom. The topological polar surface area (TPSA) is 72.2 Å². The molecule has 0 bridgehead atoms. The van der Waals surface area contributed by atoms with Gasteiger partial charge in [-0.15, -0.1) is 0 Å². The number of benzene rings is 2. The monoisotopic (exact) mass is 380 g/mol. The second-order valence-electron chi connectivity index (χ2n) is 4.88. The molecule has 0 fully saturated rings. The summed E-state index contributed by atoms with van der Waals surface area (Å²) >= 11 is 3.29. The number of aromatic nitrogens is 1. The van der Waals surface area contributed by atoms with E-state index in [0.29, 0.717) is 15.7 Å². The number of halogens is 1. The molecule has 0 saturated heterocycles. The van der Waals surface area contributed by atoms with Gasteiger partial charge in [-0.2, -0.15) is 0 Å². The van der Waals surface area contributed by atoms with Crippen LogP contribution in [0.3, 0.4) is 0 Å². The highest BCUT2D eigenvalue weighted by Crippen LogP contribution is 2.24. The molecule has 0 spiro atoms. The molecule has 0 aliphatic carbocycles. The molecule has 22 heavy (non-hydrogen) atoms. The van der Waals surface area contributed by atoms with E-state index >= 15 is 0 Å². The minimum absolute atomic E-state index is 0.0691. The lowest BCUT2D eigenvalue weighted by atomic mass is 10.2. The lowest BCUT2D eigenvalue weighted by molar-refractivity contribution is 0.444. The zero-order valence-electron chi connectivity index (χ0n) is 11.7. The number of nitrogens with zero attached hydrogens (tertiary/aromatic N) is 1. The summed E-state index contributed by atoms with van der Waals surface area (Å²) in [7, 11) is -3.63. The zero-order valence-corrected chi connectivity index (χ0v) is 14.1. The molecule has 1 N–H and O–H groups in total. The number of fused-ring (bicyclic) bond motifs is 1. The van der Waals surface area contributed by atoms with Crippen LogP contribution in [0.4, 0.5) is 0 Å². The highest BCUT2D eigenvalue weighted by Gasteiger charge is 2.18. The van der Waals surface area contributed by atoms with E-state index in [9.17, 15) is 8.42 Å². The van der Waals surface area contributed by atoms with Crippen molar-refractivity contribution in [2.24, 2.45) is 0 Å². The fourth-order valence-electron chi connectivity index (χ4n) is 2.13. The second kappa shape index (κ2) is 5.83. The third-order valence-electron chi connectivity index (χ3n) is 3.26. The lowest BCUT2D eigenvalue weighted by Gasteiger charge is -2.08. The van der Waals surface area contributed by atoms with Crippen molar-refractivity contribution in [2.75, 3.05) is 0 Å². The van der Waals surface area contributed by atoms with Crippen LogP contribution in [0.15, 0.2) is 56.4 Å². The third-order valence-corrected chi connectivity index (χ3v) is 5.64. The van der Waals surface area contributed by atoms with Crippen LogP contribution in [0.2, 0.25) is 0 Å². The Morgan fingerprint density at radius 2 is 2.00 bits per heavy atom. The van der Waals surface area contributed by atoms with Gasteiger partial charge in [0.1, 0.15) is 5.69 Å². The summed E-state index contributed by atoms with van der Waals surface area (Å²) in [5.41, 5.74) is 2.17. The number of rotatable bonds is 4. The fraction of sp³-hybridized carbons (Fsp3) is 0.133. The number of nitrogens with one attached hydrogen (secondary N) is 1. The molecule has 2 aromatic carbocycles. The van der Waals surface area contributed by atoms with Crippen LogP contribution in [-0.2, 0) is 16.6 Å². The Labute approximate surface area is 136 Å². The Hall–Kier alpha value is -1.70. The molecule has 3 aromatic rings. The summed E-state index contributed by atoms with van der Waals surface area (Å²) in [6, 6.07) is 12.4. The molecule has 7 heteroatoms. The van der Waals surface area contributed by atoms with Crippen LogP contribution >= 0.6 is 15.9 Å². The zero-order chi connectivity index (χ0) is 15.7. The molecule has 3 rings (SSSR count). The van der Waals surface area contributed by atoms with Gasteiger partial charge in [0.25, 0.3) is 0 Å². The van der Waals surface area contributed by atoms with Crippen LogP contribution in [-0.4, -0.2) is 13.6 Å². The Balaban J connectivity index is 1.86. The van der Waals surface area contributed by atoms with E-state index in [1.165, 1.54) is 0 Å². The van der Waals surface area contributed by atoms with Crippen molar-refractivity contribution in [3.05, 3.63) is 58.2 Å². The molecule has 1 heterocycles. The van der Waals surface area contributed by atoms with Crippen molar-refractivity contribution in [1.82, 2.24) is 9.88 Å². The number of aryl methyl sites for hydroxylation is 1. The third kappa shape index (κ3) is 2.92. The molecule has 0 atom stereocenters. The van der Waals surface area contributed by atoms with Crippen molar-refractivity contribution in [1.29, 1.82) is 0 Å². The van der Waals surface area contributed by atoms with E-state index in [0.717, 1.165) is 10.9 Å². The Morgan fingerprint density at radius 3 is 2.77 bits per heavy atom. The number of sulfonamides is 1. The van der Waals surface area contributed by atoms with Gasteiger partial charge >= 0.3 is 0 Å². The molecular weight excluding hydrogens is 368 g/mol. The normalized spacial score (nSPS) is 11.9.